The van der Waals surface area contributed by atoms with Gasteiger partial charge < -0.3 is 9.47 Å². The van der Waals surface area contributed by atoms with Gasteiger partial charge in [-0.1, -0.05) is 31.9 Å². The lowest BCUT2D eigenvalue weighted by Crippen LogP contribution is -2.47. The van der Waals surface area contributed by atoms with Crippen LogP contribution in [-0.2, 0) is 14.9 Å². The summed E-state index contributed by atoms with van der Waals surface area (Å²) in [5.74, 6) is 1.45. The van der Waals surface area contributed by atoms with Crippen molar-refractivity contribution in [2.45, 2.75) is 90.6 Å². The van der Waals surface area contributed by atoms with Gasteiger partial charge in [-0.2, -0.15) is 0 Å². The predicted molar refractivity (Wildman–Crippen MR) is 119 cm³/mol. The third-order valence-electron chi connectivity index (χ3n) is 9.47. The Morgan fingerprint density at radius 2 is 2.03 bits per heavy atom. The van der Waals surface area contributed by atoms with Crippen LogP contribution in [0.4, 0.5) is 0 Å². The molecule has 1 aromatic rings. The molecule has 0 radical (unpaired) electrons. The summed E-state index contributed by atoms with van der Waals surface area (Å²) in [5, 5.41) is 0. The number of ether oxygens (including phenoxy) is 2. The molecule has 1 aromatic carbocycles. The molecular formula is C27H36O3. The molecule has 0 aromatic heterocycles. The predicted octanol–water partition coefficient (Wildman–Crippen LogP) is 6.44. The van der Waals surface area contributed by atoms with Gasteiger partial charge in [0.25, 0.3) is 0 Å². The third kappa shape index (κ3) is 2.35. The number of carbonyl (C=O) groups is 1. The fourth-order valence-corrected chi connectivity index (χ4v) is 8.14. The van der Waals surface area contributed by atoms with Crippen molar-refractivity contribution < 1.29 is 14.3 Å². The lowest BCUT2D eigenvalue weighted by Gasteiger charge is -2.51. The van der Waals surface area contributed by atoms with Crippen molar-refractivity contribution in [2.24, 2.45) is 16.7 Å². The molecule has 3 nitrogen and oxygen atoms in total. The van der Waals surface area contributed by atoms with Crippen LogP contribution in [0.5, 0.6) is 5.75 Å². The number of carbonyl (C=O) groups excluding carboxylic acids is 1. The van der Waals surface area contributed by atoms with Crippen LogP contribution in [-0.4, -0.2) is 19.2 Å². The minimum Gasteiger partial charge on any atom is -0.497 e. The highest BCUT2D eigenvalue weighted by molar-refractivity contribution is 5.80. The van der Waals surface area contributed by atoms with E-state index in [9.17, 15) is 4.79 Å². The summed E-state index contributed by atoms with van der Waals surface area (Å²) in [6, 6.07) is 6.79. The first-order valence-corrected chi connectivity index (χ1v) is 11.9. The molecule has 4 aliphatic rings. The van der Waals surface area contributed by atoms with Crippen LogP contribution < -0.4 is 4.74 Å². The molecule has 3 saturated carbocycles. The monoisotopic (exact) mass is 408 g/mol. The molecule has 0 amide bonds. The Morgan fingerprint density at radius 3 is 2.73 bits per heavy atom. The highest BCUT2D eigenvalue weighted by Gasteiger charge is 2.79. The summed E-state index contributed by atoms with van der Waals surface area (Å²) in [5.41, 5.74) is 6.84. The van der Waals surface area contributed by atoms with Crippen molar-refractivity contribution >= 4 is 11.5 Å². The van der Waals surface area contributed by atoms with Crippen LogP contribution in [0.1, 0.15) is 90.2 Å². The summed E-state index contributed by atoms with van der Waals surface area (Å²) < 4.78 is 11.5. The molecule has 5 atom stereocenters. The largest absolute Gasteiger partial charge is 0.497 e. The Balaban J connectivity index is 1.65. The fraction of sp³-hybridized carbons (Fsp3) is 0.667. The van der Waals surface area contributed by atoms with E-state index in [1.807, 2.05) is 0 Å². The molecule has 0 spiro atoms. The number of unbranched alkanes of at least 4 members (excludes halogenated alkanes) is 1. The highest BCUT2D eigenvalue weighted by Crippen LogP contribution is 2.84. The molecule has 3 heteroatoms. The summed E-state index contributed by atoms with van der Waals surface area (Å²) in [6.45, 7) is 8.64. The summed E-state index contributed by atoms with van der Waals surface area (Å²) in [6.07, 6.45) is 9.61. The Labute approximate surface area is 181 Å². The normalized spacial score (nSPS) is 38.3. The van der Waals surface area contributed by atoms with Crippen molar-refractivity contribution in [1.29, 1.82) is 0 Å². The van der Waals surface area contributed by atoms with Crippen LogP contribution in [0, 0.1) is 16.7 Å². The molecule has 0 heterocycles. The van der Waals surface area contributed by atoms with Crippen molar-refractivity contribution in [1.82, 2.24) is 0 Å². The first-order valence-electron chi connectivity index (χ1n) is 11.9. The van der Waals surface area contributed by atoms with E-state index in [2.05, 4.69) is 39.0 Å². The molecule has 0 saturated heterocycles. The smallest absolute Gasteiger partial charge is 0.302 e. The number of methoxy groups -OCH3 is 1. The van der Waals surface area contributed by atoms with Gasteiger partial charge in [0.1, 0.15) is 11.9 Å². The van der Waals surface area contributed by atoms with Crippen molar-refractivity contribution in [3.05, 3.63) is 34.9 Å². The van der Waals surface area contributed by atoms with Crippen LogP contribution in [0.2, 0.25) is 0 Å². The lowest BCUT2D eigenvalue weighted by molar-refractivity contribution is -0.154. The zero-order valence-electron chi connectivity index (χ0n) is 19.3. The molecule has 5 rings (SSSR count). The van der Waals surface area contributed by atoms with Crippen molar-refractivity contribution in [2.75, 3.05) is 7.11 Å². The van der Waals surface area contributed by atoms with Crippen LogP contribution >= 0.6 is 0 Å². The topological polar surface area (TPSA) is 35.5 Å². The van der Waals surface area contributed by atoms with E-state index >= 15 is 0 Å². The quantitative estimate of drug-likeness (QED) is 0.526. The first-order chi connectivity index (χ1) is 14.3. The molecule has 0 N–H and O–H groups in total. The number of benzene rings is 1. The van der Waals surface area contributed by atoms with Gasteiger partial charge in [-0.3, -0.25) is 4.79 Å². The van der Waals surface area contributed by atoms with E-state index in [4.69, 9.17) is 9.47 Å². The van der Waals surface area contributed by atoms with E-state index in [0.717, 1.165) is 18.6 Å². The summed E-state index contributed by atoms with van der Waals surface area (Å²) in [4.78, 5) is 11.8. The number of esters is 1. The highest BCUT2D eigenvalue weighted by atomic mass is 16.5. The van der Waals surface area contributed by atoms with E-state index in [1.165, 1.54) is 49.7 Å². The maximum Gasteiger partial charge on any atom is 0.302 e. The fourth-order valence-electron chi connectivity index (χ4n) is 8.14. The third-order valence-corrected chi connectivity index (χ3v) is 9.47. The van der Waals surface area contributed by atoms with Crippen LogP contribution in [0.3, 0.4) is 0 Å². The second-order valence-electron chi connectivity index (χ2n) is 10.6. The SMILES string of the molecule is CCCCC1=C(C)c2cc(OC)ccc2C23CCC4(C)C(OC(C)=O)CCC4C12C3. The van der Waals surface area contributed by atoms with Gasteiger partial charge in [0.05, 0.1) is 7.11 Å². The average Bonchev–Trinajstić information content (AvgIpc) is 3.32. The Bertz CT molecular complexity index is 930. The zero-order chi connectivity index (χ0) is 21.3. The molecule has 162 valence electrons. The van der Waals surface area contributed by atoms with Gasteiger partial charge in [0, 0.05) is 23.2 Å². The Morgan fingerprint density at radius 1 is 1.23 bits per heavy atom. The van der Waals surface area contributed by atoms with Crippen molar-refractivity contribution in [3.63, 3.8) is 0 Å². The number of fused-ring (bicyclic) bond motifs is 2. The van der Waals surface area contributed by atoms with Gasteiger partial charge >= 0.3 is 5.97 Å². The lowest BCUT2D eigenvalue weighted by atomic mass is 9.53. The van der Waals surface area contributed by atoms with Gasteiger partial charge in [-0.25, -0.2) is 0 Å². The Kier molecular flexibility index (Phi) is 4.44. The van der Waals surface area contributed by atoms with Crippen LogP contribution in [0.25, 0.3) is 5.57 Å². The van der Waals surface area contributed by atoms with E-state index in [1.54, 1.807) is 25.2 Å². The average molecular weight is 409 g/mol. The first kappa shape index (κ1) is 20.2. The van der Waals surface area contributed by atoms with Gasteiger partial charge in [-0.15, -0.1) is 0 Å². The second-order valence-corrected chi connectivity index (χ2v) is 10.6. The van der Waals surface area contributed by atoms with E-state index in [0.29, 0.717) is 5.92 Å². The number of rotatable bonds is 5. The second kappa shape index (κ2) is 6.61. The number of hydrogen-bond donors (Lipinski definition) is 0. The molecule has 0 aliphatic heterocycles. The molecule has 3 fully saturated rings. The van der Waals surface area contributed by atoms with Gasteiger partial charge in [0.2, 0.25) is 0 Å². The van der Waals surface area contributed by atoms with E-state index < -0.39 is 0 Å². The number of allylic oxidation sites excluding steroid dienone is 2. The maximum absolute atomic E-state index is 11.8. The molecule has 0 bridgehead atoms. The van der Waals surface area contributed by atoms with E-state index in [-0.39, 0.29) is 28.3 Å². The summed E-state index contributed by atoms with van der Waals surface area (Å²) in [7, 11) is 1.76. The summed E-state index contributed by atoms with van der Waals surface area (Å²) >= 11 is 0. The van der Waals surface area contributed by atoms with Gasteiger partial charge in [0.15, 0.2) is 0 Å². The molecule has 4 aliphatic carbocycles. The van der Waals surface area contributed by atoms with Gasteiger partial charge in [-0.05, 0) is 86.6 Å². The standard InChI is InChI=1S/C27H36O3/c1-6-7-8-21-17(2)20-15-19(29-5)9-10-22(20)26-14-13-25(4)23(27(21,26)16-26)11-12-24(25)30-18(3)28/h9-10,15,23-24H,6-8,11-14,16H2,1-5H3. The Hall–Kier alpha value is -1.77. The maximum atomic E-state index is 11.8. The molecular weight excluding hydrogens is 372 g/mol. The number of hydrogen-bond acceptors (Lipinski definition) is 3. The van der Waals surface area contributed by atoms with Crippen LogP contribution in [0.15, 0.2) is 23.8 Å². The molecule has 5 unspecified atom stereocenters. The zero-order valence-corrected chi connectivity index (χ0v) is 19.3. The minimum absolute atomic E-state index is 0.0815. The molecule has 30 heavy (non-hydrogen) atoms. The van der Waals surface area contributed by atoms with Crippen molar-refractivity contribution in [3.8, 4) is 5.75 Å². The minimum atomic E-state index is -0.119.